The summed E-state index contributed by atoms with van der Waals surface area (Å²) >= 11 is 0. The van der Waals surface area contributed by atoms with Crippen LogP contribution in [0.5, 0.6) is 11.5 Å². The molecule has 1 aliphatic rings. The van der Waals surface area contributed by atoms with E-state index in [1.165, 1.54) is 23.5 Å². The molecule has 3 aromatic rings. The van der Waals surface area contributed by atoms with Crippen molar-refractivity contribution in [2.75, 3.05) is 29.3 Å². The number of carbonyl (C=O) groups is 2. The highest BCUT2D eigenvalue weighted by Crippen LogP contribution is 2.31. The Morgan fingerprint density at radius 2 is 1.70 bits per heavy atom. The van der Waals surface area contributed by atoms with Crippen LogP contribution in [-0.2, 0) is 19.6 Å². The zero-order chi connectivity index (χ0) is 23.6. The third-order valence-corrected chi connectivity index (χ3v) is 6.98. The van der Waals surface area contributed by atoms with Crippen LogP contribution < -0.4 is 18.7 Å². The van der Waals surface area contributed by atoms with Crippen LogP contribution in [0.3, 0.4) is 0 Å². The molecule has 3 aromatic carbocycles. The summed E-state index contributed by atoms with van der Waals surface area (Å²) in [6, 6.07) is 19.7. The van der Waals surface area contributed by atoms with E-state index < -0.39 is 22.0 Å². The van der Waals surface area contributed by atoms with Gasteiger partial charge in [-0.2, -0.15) is 0 Å². The number of aryl methyl sites for hydroxylation is 1. The number of anilines is 2. The van der Waals surface area contributed by atoms with Crippen molar-refractivity contribution in [3.63, 3.8) is 0 Å². The predicted molar refractivity (Wildman–Crippen MR) is 123 cm³/mol. The number of rotatable bonds is 6. The van der Waals surface area contributed by atoms with Crippen LogP contribution in [-0.4, -0.2) is 40.5 Å². The minimum atomic E-state index is -3.72. The first kappa shape index (κ1) is 22.3. The molecule has 0 fully saturated rings. The van der Waals surface area contributed by atoms with E-state index in [2.05, 4.69) is 0 Å². The number of esters is 2. The molecular weight excluding hydrogens is 444 g/mol. The van der Waals surface area contributed by atoms with Gasteiger partial charge in [0.05, 0.1) is 16.3 Å². The third-order valence-electron chi connectivity index (χ3n) is 5.18. The van der Waals surface area contributed by atoms with E-state index in [9.17, 15) is 18.0 Å². The average molecular weight is 467 g/mol. The van der Waals surface area contributed by atoms with Crippen molar-refractivity contribution in [2.45, 2.75) is 11.8 Å². The van der Waals surface area contributed by atoms with Crippen LogP contribution in [0.2, 0.25) is 0 Å². The second-order valence-corrected chi connectivity index (χ2v) is 9.52. The fourth-order valence-corrected chi connectivity index (χ4v) is 4.59. The molecule has 0 saturated heterocycles. The second-order valence-electron chi connectivity index (χ2n) is 7.55. The lowest BCUT2D eigenvalue weighted by Crippen LogP contribution is -2.41. The van der Waals surface area contributed by atoms with E-state index >= 15 is 0 Å². The summed E-state index contributed by atoms with van der Waals surface area (Å²) < 4.78 is 37.4. The minimum Gasteiger partial charge on any atom is -0.425 e. The molecule has 0 aromatic heterocycles. The number of para-hydroxylation sites is 2. The van der Waals surface area contributed by atoms with Crippen LogP contribution in [0, 0.1) is 6.92 Å². The molecule has 4 rings (SSSR count). The van der Waals surface area contributed by atoms with Crippen LogP contribution in [0.1, 0.15) is 5.56 Å². The molecule has 0 aliphatic carbocycles. The van der Waals surface area contributed by atoms with Gasteiger partial charge in [-0.3, -0.25) is 4.31 Å². The molecule has 0 bridgehead atoms. The first-order valence-corrected chi connectivity index (χ1v) is 11.6. The molecule has 9 heteroatoms. The summed E-state index contributed by atoms with van der Waals surface area (Å²) in [6.45, 7) is 1.68. The molecular formula is C24H22N2O6S. The molecule has 0 saturated carbocycles. The smallest absolute Gasteiger partial charge is 0.331 e. The number of sulfonamides is 1. The van der Waals surface area contributed by atoms with Crippen molar-refractivity contribution >= 4 is 33.3 Å². The highest BCUT2D eigenvalue weighted by molar-refractivity contribution is 7.92. The van der Waals surface area contributed by atoms with Crippen molar-refractivity contribution in [1.29, 1.82) is 0 Å². The van der Waals surface area contributed by atoms with Crippen molar-refractivity contribution < 1.29 is 27.5 Å². The molecule has 0 radical (unpaired) electrons. The maximum Gasteiger partial charge on any atom is 0.331 e. The number of nitrogens with zero attached hydrogens (tertiary/aromatic N) is 2. The van der Waals surface area contributed by atoms with E-state index in [0.717, 1.165) is 5.56 Å². The SMILES string of the molecule is Cc1ccc(S(=O)(=O)N(C)c2ccc(OC(=O)CN3CC(=O)Oc4ccccc43)cc2)cc1. The van der Waals surface area contributed by atoms with E-state index in [4.69, 9.17) is 9.47 Å². The zero-order valence-corrected chi connectivity index (χ0v) is 18.9. The first-order valence-electron chi connectivity index (χ1n) is 10.1. The van der Waals surface area contributed by atoms with E-state index in [0.29, 0.717) is 17.1 Å². The highest BCUT2D eigenvalue weighted by atomic mass is 32.2. The highest BCUT2D eigenvalue weighted by Gasteiger charge is 2.26. The van der Waals surface area contributed by atoms with Gasteiger partial charge < -0.3 is 14.4 Å². The topological polar surface area (TPSA) is 93.2 Å². The van der Waals surface area contributed by atoms with Crippen LogP contribution in [0.25, 0.3) is 0 Å². The number of hydrogen-bond acceptors (Lipinski definition) is 7. The van der Waals surface area contributed by atoms with Gasteiger partial charge in [-0.15, -0.1) is 0 Å². The molecule has 0 spiro atoms. The lowest BCUT2D eigenvalue weighted by molar-refractivity contribution is -0.134. The standard InChI is InChI=1S/C24H22N2O6S/c1-17-7-13-20(14-8-17)33(29,30)25(2)18-9-11-19(12-10-18)31-23(27)15-26-16-24(28)32-22-6-4-3-5-21(22)26/h3-14H,15-16H2,1-2H3. The lowest BCUT2D eigenvalue weighted by atomic mass is 10.2. The van der Waals surface area contributed by atoms with Crippen molar-refractivity contribution in [1.82, 2.24) is 0 Å². The van der Waals surface area contributed by atoms with Gasteiger partial charge in [0.25, 0.3) is 10.0 Å². The molecule has 1 heterocycles. The summed E-state index contributed by atoms with van der Waals surface area (Å²) in [4.78, 5) is 26.0. The molecule has 33 heavy (non-hydrogen) atoms. The summed E-state index contributed by atoms with van der Waals surface area (Å²) in [5.41, 5.74) is 2.02. The molecule has 0 atom stereocenters. The maximum atomic E-state index is 12.9. The summed E-state index contributed by atoms with van der Waals surface area (Å²) in [6.07, 6.45) is 0. The van der Waals surface area contributed by atoms with Crippen LogP contribution >= 0.6 is 0 Å². The molecule has 0 unspecified atom stereocenters. The molecule has 0 amide bonds. The van der Waals surface area contributed by atoms with Gasteiger partial charge in [0, 0.05) is 7.05 Å². The Bertz CT molecular complexity index is 1290. The fourth-order valence-electron chi connectivity index (χ4n) is 3.39. The van der Waals surface area contributed by atoms with Crippen molar-refractivity contribution in [2.24, 2.45) is 0 Å². The Labute approximate surface area is 192 Å². The Hall–Kier alpha value is -3.85. The van der Waals surface area contributed by atoms with Gasteiger partial charge in [0.15, 0.2) is 5.75 Å². The quantitative estimate of drug-likeness (QED) is 0.407. The maximum absolute atomic E-state index is 12.9. The second kappa shape index (κ2) is 8.95. The Balaban J connectivity index is 1.43. The molecule has 1 aliphatic heterocycles. The predicted octanol–water partition coefficient (Wildman–Crippen LogP) is 3.15. The fraction of sp³-hybridized carbons (Fsp3) is 0.167. The number of benzene rings is 3. The zero-order valence-electron chi connectivity index (χ0n) is 18.1. The number of ether oxygens (including phenoxy) is 2. The summed E-state index contributed by atoms with van der Waals surface area (Å²) in [5.74, 6) is -0.363. The van der Waals surface area contributed by atoms with Gasteiger partial charge in [-0.1, -0.05) is 29.8 Å². The number of hydrogen-bond donors (Lipinski definition) is 0. The molecule has 8 nitrogen and oxygen atoms in total. The van der Waals surface area contributed by atoms with Gasteiger partial charge in [0.1, 0.15) is 18.8 Å². The lowest BCUT2D eigenvalue weighted by Gasteiger charge is -2.28. The number of carbonyl (C=O) groups excluding carboxylic acids is 2. The Morgan fingerprint density at radius 3 is 2.39 bits per heavy atom. The third kappa shape index (κ3) is 4.83. The van der Waals surface area contributed by atoms with Gasteiger partial charge in [-0.25, -0.2) is 18.0 Å². The van der Waals surface area contributed by atoms with Gasteiger partial charge >= 0.3 is 11.9 Å². The van der Waals surface area contributed by atoms with E-state index in [1.54, 1.807) is 65.6 Å². The first-order chi connectivity index (χ1) is 15.7. The summed E-state index contributed by atoms with van der Waals surface area (Å²) in [5, 5.41) is 0. The minimum absolute atomic E-state index is 0.0628. The van der Waals surface area contributed by atoms with Crippen molar-refractivity contribution in [3.8, 4) is 11.5 Å². The molecule has 0 N–H and O–H groups in total. The monoisotopic (exact) mass is 466 g/mol. The van der Waals surface area contributed by atoms with E-state index in [1.807, 2.05) is 6.92 Å². The van der Waals surface area contributed by atoms with Crippen molar-refractivity contribution in [3.05, 3.63) is 78.4 Å². The van der Waals surface area contributed by atoms with Gasteiger partial charge in [-0.05, 0) is 55.5 Å². The largest absolute Gasteiger partial charge is 0.425 e. The average Bonchev–Trinajstić information content (AvgIpc) is 2.79. The Morgan fingerprint density at radius 1 is 1.03 bits per heavy atom. The Kier molecular flexibility index (Phi) is 6.06. The normalized spacial score (nSPS) is 13.2. The summed E-state index contributed by atoms with van der Waals surface area (Å²) in [7, 11) is -2.26. The van der Waals surface area contributed by atoms with E-state index in [-0.39, 0.29) is 23.7 Å². The van der Waals surface area contributed by atoms with Gasteiger partial charge in [0.2, 0.25) is 0 Å². The molecule has 170 valence electrons. The number of fused-ring (bicyclic) bond motifs is 1. The van der Waals surface area contributed by atoms with Crippen LogP contribution in [0.4, 0.5) is 11.4 Å². The van der Waals surface area contributed by atoms with Crippen LogP contribution in [0.15, 0.2) is 77.7 Å².